The van der Waals surface area contributed by atoms with Crippen LogP contribution < -0.4 is 5.06 Å². The molecule has 148 valence electrons. The Hall–Kier alpha value is -2.22. The molecule has 0 radical (unpaired) electrons. The smallest absolute Gasteiger partial charge is 0.264 e. The molecule has 1 aromatic carbocycles. The number of rotatable bonds is 2. The van der Waals surface area contributed by atoms with Crippen LogP contribution in [0.4, 0.5) is 5.69 Å². The Morgan fingerprint density at radius 1 is 1.32 bits per heavy atom. The number of carbonyl (C=O) groups excluding carboxylic acids is 2. The second-order valence-electron chi connectivity index (χ2n) is 8.36. The van der Waals surface area contributed by atoms with E-state index in [4.69, 9.17) is 9.57 Å². The van der Waals surface area contributed by atoms with Gasteiger partial charge in [-0.05, 0) is 25.0 Å². The molecule has 6 rings (SSSR count). The SMILES string of the molecule is CON1C(=O)[C@@]2(C[C@H]3[C@H]4CO[C@@H]2C[C@@]4(O)C(C(C)=O)=CN3C)c2ccccc21. The average molecular weight is 384 g/mol. The normalized spacial score (nSPS) is 38.5. The van der Waals surface area contributed by atoms with Gasteiger partial charge in [0.2, 0.25) is 0 Å². The Morgan fingerprint density at radius 3 is 2.79 bits per heavy atom. The molecule has 7 heteroatoms. The highest BCUT2D eigenvalue weighted by molar-refractivity contribution is 6.07. The van der Waals surface area contributed by atoms with Gasteiger partial charge in [-0.1, -0.05) is 18.2 Å². The average Bonchev–Trinajstić information content (AvgIpc) is 2.77. The molecule has 5 aliphatic rings. The van der Waals surface area contributed by atoms with E-state index < -0.39 is 17.1 Å². The van der Waals surface area contributed by atoms with Gasteiger partial charge in [0.15, 0.2) is 5.78 Å². The van der Waals surface area contributed by atoms with Crippen molar-refractivity contribution in [2.75, 3.05) is 25.8 Å². The first-order valence-corrected chi connectivity index (χ1v) is 9.62. The summed E-state index contributed by atoms with van der Waals surface area (Å²) >= 11 is 0. The summed E-state index contributed by atoms with van der Waals surface area (Å²) in [4.78, 5) is 33.4. The van der Waals surface area contributed by atoms with Crippen molar-refractivity contribution in [1.82, 2.24) is 4.90 Å². The van der Waals surface area contributed by atoms with Crippen LogP contribution in [0.25, 0.3) is 0 Å². The molecule has 1 saturated carbocycles. The van der Waals surface area contributed by atoms with Gasteiger partial charge in [-0.3, -0.25) is 14.4 Å². The fourth-order valence-corrected chi connectivity index (χ4v) is 5.87. The molecular weight excluding hydrogens is 360 g/mol. The van der Waals surface area contributed by atoms with E-state index in [1.54, 1.807) is 6.20 Å². The zero-order valence-electron chi connectivity index (χ0n) is 16.2. The molecular formula is C21H24N2O5. The molecule has 0 unspecified atom stereocenters. The van der Waals surface area contributed by atoms with Gasteiger partial charge in [0.1, 0.15) is 11.0 Å². The third-order valence-electron chi connectivity index (χ3n) is 7.19. The molecule has 2 saturated heterocycles. The lowest BCUT2D eigenvalue weighted by Gasteiger charge is -2.49. The van der Waals surface area contributed by atoms with Crippen LogP contribution in [0, 0.1) is 5.92 Å². The molecule has 4 aliphatic heterocycles. The summed E-state index contributed by atoms with van der Waals surface area (Å²) in [7, 11) is 3.38. The van der Waals surface area contributed by atoms with Crippen molar-refractivity contribution in [3.05, 3.63) is 41.6 Å². The molecule has 4 bridgehead atoms. The van der Waals surface area contributed by atoms with E-state index in [0.717, 1.165) is 5.56 Å². The van der Waals surface area contributed by atoms with Gasteiger partial charge in [0, 0.05) is 37.2 Å². The molecule has 28 heavy (non-hydrogen) atoms. The summed E-state index contributed by atoms with van der Waals surface area (Å²) in [5, 5.41) is 13.0. The van der Waals surface area contributed by atoms with E-state index in [2.05, 4.69) is 0 Å². The predicted molar refractivity (Wildman–Crippen MR) is 100 cm³/mol. The molecule has 1 aromatic rings. The first-order chi connectivity index (χ1) is 13.3. The van der Waals surface area contributed by atoms with Gasteiger partial charge in [-0.25, -0.2) is 0 Å². The summed E-state index contributed by atoms with van der Waals surface area (Å²) in [6.07, 6.45) is 1.93. The number of aliphatic hydroxyl groups is 1. The number of ketones is 1. The number of ether oxygens (including phenoxy) is 1. The van der Waals surface area contributed by atoms with E-state index >= 15 is 0 Å². The van der Waals surface area contributed by atoms with Crippen LogP contribution >= 0.6 is 0 Å². The summed E-state index contributed by atoms with van der Waals surface area (Å²) in [6, 6.07) is 7.47. The van der Waals surface area contributed by atoms with E-state index in [1.165, 1.54) is 19.1 Å². The molecule has 5 atom stereocenters. The minimum atomic E-state index is -1.29. The quantitative estimate of drug-likeness (QED) is 0.824. The van der Waals surface area contributed by atoms with Crippen molar-refractivity contribution in [2.24, 2.45) is 5.92 Å². The first kappa shape index (κ1) is 17.8. The maximum atomic E-state index is 13.7. The first-order valence-electron chi connectivity index (χ1n) is 9.62. The lowest BCUT2D eigenvalue weighted by Crippen LogP contribution is -2.59. The van der Waals surface area contributed by atoms with E-state index in [-0.39, 0.29) is 30.1 Å². The van der Waals surface area contributed by atoms with Gasteiger partial charge in [0.05, 0.1) is 25.5 Å². The Morgan fingerprint density at radius 2 is 2.07 bits per heavy atom. The number of hydroxylamine groups is 1. The van der Waals surface area contributed by atoms with Crippen molar-refractivity contribution in [2.45, 2.75) is 42.9 Å². The highest BCUT2D eigenvalue weighted by Crippen LogP contribution is 2.58. The topological polar surface area (TPSA) is 79.3 Å². The van der Waals surface area contributed by atoms with E-state index in [1.807, 2.05) is 36.2 Å². The zero-order chi connectivity index (χ0) is 19.8. The number of carbonyl (C=O) groups is 2. The zero-order valence-corrected chi connectivity index (χ0v) is 16.2. The van der Waals surface area contributed by atoms with Gasteiger partial charge in [-0.2, -0.15) is 5.06 Å². The molecule has 1 amide bonds. The van der Waals surface area contributed by atoms with Crippen LogP contribution in [0.2, 0.25) is 0 Å². The number of hydrogen-bond donors (Lipinski definition) is 1. The molecule has 4 heterocycles. The monoisotopic (exact) mass is 384 g/mol. The third-order valence-corrected chi connectivity index (χ3v) is 7.19. The number of nitrogens with zero attached hydrogens (tertiary/aromatic N) is 2. The van der Waals surface area contributed by atoms with Crippen LogP contribution in [0.3, 0.4) is 0 Å². The van der Waals surface area contributed by atoms with Gasteiger partial charge in [-0.15, -0.1) is 0 Å². The second-order valence-corrected chi connectivity index (χ2v) is 8.36. The minimum absolute atomic E-state index is 0.130. The maximum Gasteiger partial charge on any atom is 0.264 e. The molecule has 1 spiro atoms. The fraction of sp³-hybridized carbons (Fsp3) is 0.524. The number of anilines is 1. The molecule has 1 aliphatic carbocycles. The Labute approximate surface area is 163 Å². The van der Waals surface area contributed by atoms with Crippen molar-refractivity contribution in [3.8, 4) is 0 Å². The van der Waals surface area contributed by atoms with Crippen molar-refractivity contribution < 1.29 is 24.3 Å². The lowest BCUT2D eigenvalue weighted by molar-refractivity contribution is -0.155. The lowest BCUT2D eigenvalue weighted by atomic mass is 9.70. The Kier molecular flexibility index (Phi) is 3.60. The Bertz CT molecular complexity index is 914. The Balaban J connectivity index is 1.72. The molecule has 0 aromatic heterocycles. The van der Waals surface area contributed by atoms with Crippen LogP contribution in [-0.2, 0) is 24.6 Å². The van der Waals surface area contributed by atoms with Gasteiger partial charge in [0.25, 0.3) is 5.91 Å². The largest absolute Gasteiger partial charge is 0.384 e. The molecule has 1 N–H and O–H groups in total. The fourth-order valence-electron chi connectivity index (χ4n) is 5.87. The highest BCUT2D eigenvalue weighted by atomic mass is 16.7. The van der Waals surface area contributed by atoms with Crippen molar-refractivity contribution >= 4 is 17.4 Å². The molecule has 3 fully saturated rings. The highest BCUT2D eigenvalue weighted by Gasteiger charge is 2.67. The van der Waals surface area contributed by atoms with Gasteiger partial charge < -0.3 is 14.7 Å². The number of para-hydroxylation sites is 1. The summed E-state index contributed by atoms with van der Waals surface area (Å²) in [5.74, 6) is -0.588. The van der Waals surface area contributed by atoms with E-state index in [9.17, 15) is 14.7 Å². The summed E-state index contributed by atoms with van der Waals surface area (Å²) < 4.78 is 6.21. The van der Waals surface area contributed by atoms with Crippen molar-refractivity contribution in [3.63, 3.8) is 0 Å². The standard InChI is InChI=1S/C21H24N2O5/c1-12(24)14-10-22(2)17-8-20(18-9-21(14,26)15(17)11-28-18)13-6-4-5-7-16(13)23(27-3)19(20)25/h4-7,10,15,17-18,26H,8-9,11H2,1-3H3/t15-,17+,18-,20+,21-/m1/s1. The predicted octanol–water partition coefficient (Wildman–Crippen LogP) is 1.16. The van der Waals surface area contributed by atoms with Crippen LogP contribution in [0.15, 0.2) is 36.0 Å². The van der Waals surface area contributed by atoms with Crippen molar-refractivity contribution in [1.29, 1.82) is 0 Å². The molecule has 7 nitrogen and oxygen atoms in total. The number of Topliss-reactive ketones (excluding diaryl/α,β-unsaturated/α-hetero) is 1. The minimum Gasteiger partial charge on any atom is -0.384 e. The summed E-state index contributed by atoms with van der Waals surface area (Å²) in [5.41, 5.74) is -0.256. The maximum absolute atomic E-state index is 13.7. The van der Waals surface area contributed by atoms with Crippen LogP contribution in [0.5, 0.6) is 0 Å². The van der Waals surface area contributed by atoms with E-state index in [0.29, 0.717) is 24.3 Å². The van der Waals surface area contributed by atoms with Crippen LogP contribution in [-0.4, -0.2) is 60.2 Å². The van der Waals surface area contributed by atoms with Gasteiger partial charge >= 0.3 is 0 Å². The third kappa shape index (κ3) is 1.94. The van der Waals surface area contributed by atoms with Crippen LogP contribution in [0.1, 0.15) is 25.3 Å². The number of fused-ring (bicyclic) bond motifs is 2. The second kappa shape index (κ2) is 5.65. The summed E-state index contributed by atoms with van der Waals surface area (Å²) in [6.45, 7) is 1.79. The number of benzene rings is 1. The number of hydrogen-bond acceptors (Lipinski definition) is 6. The number of amides is 1.